The van der Waals surface area contributed by atoms with Gasteiger partial charge in [-0.1, -0.05) is 47.3 Å². The van der Waals surface area contributed by atoms with Crippen molar-refractivity contribution in [2.24, 2.45) is 0 Å². The largest absolute Gasteiger partial charge is 0.494 e. The third-order valence-electron chi connectivity index (χ3n) is 4.49. The number of hydrogen-bond acceptors (Lipinski definition) is 2. The minimum atomic E-state index is -0.868. The molecule has 1 N–H and O–H groups in total. The number of ether oxygens (including phenoxy) is 1. The molecule has 0 aliphatic heterocycles. The number of carbonyl (C=O) groups is 1. The van der Waals surface area contributed by atoms with Crippen LogP contribution >= 0.6 is 15.9 Å². The summed E-state index contributed by atoms with van der Waals surface area (Å²) in [7, 11) is 0. The summed E-state index contributed by atoms with van der Waals surface area (Å²) in [6.45, 7) is 4.93. The number of carboxylic acid groups (broad SMARTS) is 1. The summed E-state index contributed by atoms with van der Waals surface area (Å²) in [5.41, 5.74) is 3.97. The summed E-state index contributed by atoms with van der Waals surface area (Å²) >= 11 is 3.58. The average Bonchev–Trinajstić information content (AvgIpc) is 2.62. The van der Waals surface area contributed by atoms with Crippen molar-refractivity contribution in [3.63, 3.8) is 0 Å². The molecule has 0 unspecified atom stereocenters. The lowest BCUT2D eigenvalue weighted by molar-refractivity contribution is 0.0697. The van der Waals surface area contributed by atoms with Crippen molar-refractivity contribution in [1.82, 2.24) is 0 Å². The van der Waals surface area contributed by atoms with E-state index >= 15 is 0 Å². The van der Waals surface area contributed by atoms with Crippen molar-refractivity contribution >= 4 is 21.9 Å². The molecular formula is C22H27BrO3. The first-order valence-electron chi connectivity index (χ1n) is 9.19. The Morgan fingerprint density at radius 2 is 1.54 bits per heavy atom. The Balaban J connectivity index is 1.56. The number of halogens is 1. The van der Waals surface area contributed by atoms with Gasteiger partial charge in [-0.05, 0) is 74.1 Å². The molecule has 0 spiro atoms. The highest BCUT2D eigenvalue weighted by atomic mass is 79.9. The second-order valence-electron chi connectivity index (χ2n) is 6.74. The fourth-order valence-corrected chi connectivity index (χ4v) is 3.18. The Morgan fingerprint density at radius 3 is 2.15 bits per heavy atom. The molecule has 0 saturated heterocycles. The predicted molar refractivity (Wildman–Crippen MR) is 109 cm³/mol. The van der Waals surface area contributed by atoms with E-state index in [0.29, 0.717) is 5.56 Å². The van der Waals surface area contributed by atoms with E-state index in [2.05, 4.69) is 41.9 Å². The maximum absolute atomic E-state index is 10.8. The molecule has 2 rings (SSSR count). The first kappa shape index (κ1) is 20.5. The zero-order valence-electron chi connectivity index (χ0n) is 15.6. The molecule has 0 aliphatic carbocycles. The summed E-state index contributed by atoms with van der Waals surface area (Å²) in [4.78, 5) is 10.8. The molecule has 140 valence electrons. The van der Waals surface area contributed by atoms with E-state index < -0.39 is 5.97 Å². The monoisotopic (exact) mass is 418 g/mol. The Kier molecular flexibility index (Phi) is 8.17. The predicted octanol–water partition coefficient (Wildman–Crippen LogP) is 6.34. The molecule has 0 saturated carbocycles. The van der Waals surface area contributed by atoms with Crippen LogP contribution in [0.5, 0.6) is 5.75 Å². The van der Waals surface area contributed by atoms with Crippen LogP contribution in [-0.2, 0) is 6.42 Å². The SMILES string of the molecule is Cc1cc(OCCCCCCCc2ccc(C(=O)O)cc2)cc(C)c1Br. The van der Waals surface area contributed by atoms with Crippen LogP contribution in [0.15, 0.2) is 40.9 Å². The van der Waals surface area contributed by atoms with Crippen molar-refractivity contribution in [1.29, 1.82) is 0 Å². The molecule has 0 heterocycles. The van der Waals surface area contributed by atoms with Crippen molar-refractivity contribution in [2.45, 2.75) is 52.4 Å². The summed E-state index contributed by atoms with van der Waals surface area (Å²) < 4.78 is 7.02. The van der Waals surface area contributed by atoms with E-state index in [1.54, 1.807) is 12.1 Å². The molecule has 3 nitrogen and oxygen atoms in total. The summed E-state index contributed by atoms with van der Waals surface area (Å²) in [5.74, 6) is 0.0836. The third-order valence-corrected chi connectivity index (χ3v) is 5.74. The van der Waals surface area contributed by atoms with E-state index in [4.69, 9.17) is 9.84 Å². The quantitative estimate of drug-likeness (QED) is 0.458. The van der Waals surface area contributed by atoms with Gasteiger partial charge < -0.3 is 9.84 Å². The lowest BCUT2D eigenvalue weighted by atomic mass is 10.0. The van der Waals surface area contributed by atoms with Crippen LogP contribution in [0.25, 0.3) is 0 Å². The fourth-order valence-electron chi connectivity index (χ4n) is 2.96. The number of benzene rings is 2. The van der Waals surface area contributed by atoms with Gasteiger partial charge in [-0.15, -0.1) is 0 Å². The standard InChI is InChI=1S/C22H27BrO3/c1-16-14-20(15-17(2)21(16)23)26-13-7-5-3-4-6-8-18-9-11-19(12-10-18)22(24)25/h9-12,14-15H,3-8,13H2,1-2H3,(H,24,25). The van der Waals surface area contributed by atoms with Gasteiger partial charge in [0.2, 0.25) is 0 Å². The van der Waals surface area contributed by atoms with Gasteiger partial charge in [0.05, 0.1) is 12.2 Å². The van der Waals surface area contributed by atoms with Gasteiger partial charge in [-0.2, -0.15) is 0 Å². The van der Waals surface area contributed by atoms with E-state index in [1.807, 2.05) is 12.1 Å². The molecule has 0 aromatic heterocycles. The molecule has 0 aliphatic rings. The lowest BCUT2D eigenvalue weighted by Crippen LogP contribution is -1.98. The van der Waals surface area contributed by atoms with Gasteiger partial charge in [0.1, 0.15) is 5.75 Å². The van der Waals surface area contributed by atoms with Crippen molar-refractivity contribution in [3.05, 3.63) is 63.1 Å². The molecule has 26 heavy (non-hydrogen) atoms. The zero-order chi connectivity index (χ0) is 18.9. The molecule has 4 heteroatoms. The molecule has 0 fully saturated rings. The Labute approximate surface area is 164 Å². The number of rotatable bonds is 10. The van der Waals surface area contributed by atoms with E-state index in [-0.39, 0.29) is 0 Å². The highest BCUT2D eigenvalue weighted by Crippen LogP contribution is 2.26. The Bertz CT molecular complexity index is 700. The average molecular weight is 419 g/mol. The minimum Gasteiger partial charge on any atom is -0.494 e. The van der Waals surface area contributed by atoms with Gasteiger partial charge >= 0.3 is 5.97 Å². The number of aromatic carboxylic acids is 1. The van der Waals surface area contributed by atoms with Crippen LogP contribution < -0.4 is 4.74 Å². The second-order valence-corrected chi connectivity index (χ2v) is 7.53. The summed E-state index contributed by atoms with van der Waals surface area (Å²) in [6, 6.07) is 11.3. The number of hydrogen-bond donors (Lipinski definition) is 1. The van der Waals surface area contributed by atoms with Gasteiger partial charge in [0, 0.05) is 4.47 Å². The molecule has 0 radical (unpaired) electrons. The van der Waals surface area contributed by atoms with Crippen LogP contribution in [0.2, 0.25) is 0 Å². The molecule has 2 aromatic rings. The molecular weight excluding hydrogens is 392 g/mol. The molecule has 0 bridgehead atoms. The highest BCUT2D eigenvalue weighted by molar-refractivity contribution is 9.10. The molecule has 2 aromatic carbocycles. The normalized spacial score (nSPS) is 10.7. The summed E-state index contributed by atoms with van der Waals surface area (Å²) in [6.07, 6.45) is 6.78. The third kappa shape index (κ3) is 6.49. The van der Waals surface area contributed by atoms with Crippen molar-refractivity contribution < 1.29 is 14.6 Å². The second kappa shape index (κ2) is 10.4. The van der Waals surface area contributed by atoms with Crippen molar-refractivity contribution in [3.8, 4) is 5.75 Å². The minimum absolute atomic E-state index is 0.352. The van der Waals surface area contributed by atoms with Crippen LogP contribution in [-0.4, -0.2) is 17.7 Å². The molecule has 0 amide bonds. The number of carboxylic acids is 1. The van der Waals surface area contributed by atoms with Crippen LogP contribution in [0.1, 0.15) is 59.2 Å². The van der Waals surface area contributed by atoms with Crippen LogP contribution in [0, 0.1) is 13.8 Å². The van der Waals surface area contributed by atoms with Gasteiger partial charge in [-0.3, -0.25) is 0 Å². The summed E-state index contributed by atoms with van der Waals surface area (Å²) in [5, 5.41) is 8.89. The first-order chi connectivity index (χ1) is 12.5. The van der Waals surface area contributed by atoms with E-state index in [0.717, 1.165) is 36.1 Å². The van der Waals surface area contributed by atoms with Crippen LogP contribution in [0.3, 0.4) is 0 Å². The van der Waals surface area contributed by atoms with E-state index in [9.17, 15) is 4.79 Å². The van der Waals surface area contributed by atoms with Gasteiger partial charge in [-0.25, -0.2) is 4.79 Å². The lowest BCUT2D eigenvalue weighted by Gasteiger charge is -2.10. The Hall–Kier alpha value is -1.81. The molecule has 0 atom stereocenters. The highest BCUT2D eigenvalue weighted by Gasteiger charge is 2.03. The number of aryl methyl sites for hydroxylation is 3. The zero-order valence-corrected chi connectivity index (χ0v) is 17.1. The topological polar surface area (TPSA) is 46.5 Å². The smallest absolute Gasteiger partial charge is 0.335 e. The maximum atomic E-state index is 10.8. The fraction of sp³-hybridized carbons (Fsp3) is 0.409. The number of unbranched alkanes of at least 4 members (excludes halogenated alkanes) is 4. The van der Waals surface area contributed by atoms with E-state index in [1.165, 1.54) is 36.0 Å². The first-order valence-corrected chi connectivity index (χ1v) is 9.98. The Morgan fingerprint density at radius 1 is 0.962 bits per heavy atom. The van der Waals surface area contributed by atoms with Gasteiger partial charge in [0.15, 0.2) is 0 Å². The van der Waals surface area contributed by atoms with Gasteiger partial charge in [0.25, 0.3) is 0 Å². The van der Waals surface area contributed by atoms with Crippen LogP contribution in [0.4, 0.5) is 0 Å². The maximum Gasteiger partial charge on any atom is 0.335 e. The van der Waals surface area contributed by atoms with Crippen molar-refractivity contribution in [2.75, 3.05) is 6.61 Å².